The Labute approximate surface area is 188 Å². The van der Waals surface area contributed by atoms with Gasteiger partial charge in [0.25, 0.3) is 0 Å². The van der Waals surface area contributed by atoms with E-state index in [1.54, 1.807) is 6.07 Å². The number of carbonyl (C=O) groups is 4. The number of aromatic nitrogens is 1. The molecule has 2 aromatic rings. The molecule has 0 atom stereocenters. The molecular weight excluding hydrogens is 406 g/mol. The van der Waals surface area contributed by atoms with Crippen LogP contribution in [0.1, 0.15) is 59.4 Å². The molecule has 2 aliphatic rings. The lowest BCUT2D eigenvalue weighted by molar-refractivity contribution is -0.144. The topological polar surface area (TPSA) is 79.7 Å². The van der Waals surface area contributed by atoms with Gasteiger partial charge in [-0.3, -0.25) is 19.3 Å². The lowest BCUT2D eigenvalue weighted by Crippen LogP contribution is -2.43. The zero-order chi connectivity index (χ0) is 22.8. The Morgan fingerprint density at radius 3 is 2.34 bits per heavy atom. The molecule has 32 heavy (non-hydrogen) atoms. The molecule has 1 aromatic carbocycles. The van der Waals surface area contributed by atoms with Gasteiger partial charge >= 0.3 is 17.8 Å². The Balaban J connectivity index is 1.47. The number of ketones is 1. The fourth-order valence-electron chi connectivity index (χ4n) is 4.86. The third-order valence-corrected chi connectivity index (χ3v) is 6.67. The van der Waals surface area contributed by atoms with Crippen molar-refractivity contribution >= 4 is 23.6 Å². The van der Waals surface area contributed by atoms with Crippen LogP contribution in [-0.2, 0) is 22.6 Å². The number of aryl methyl sites for hydroxylation is 2. The quantitative estimate of drug-likeness (QED) is 0.378. The Morgan fingerprint density at radius 1 is 0.969 bits per heavy atom. The van der Waals surface area contributed by atoms with Crippen molar-refractivity contribution in [3.8, 4) is 0 Å². The summed E-state index contributed by atoms with van der Waals surface area (Å²) in [4.78, 5) is 52.8. The number of hydrogen-bond acceptors (Lipinski definition) is 4. The lowest BCUT2D eigenvalue weighted by Gasteiger charge is -2.28. The molecule has 2 fully saturated rings. The van der Waals surface area contributed by atoms with E-state index in [0.29, 0.717) is 5.56 Å². The fraction of sp³-hybridized carbons (Fsp3) is 0.440. The number of Topliss-reactive ketones (excluding diaryl/α,β-unsaturated/α-hetero) is 1. The lowest BCUT2D eigenvalue weighted by atomic mass is 9.94. The Bertz CT molecular complexity index is 1050. The zero-order valence-corrected chi connectivity index (χ0v) is 18.7. The molecule has 168 valence electrons. The highest BCUT2D eigenvalue weighted by atomic mass is 16.2. The van der Waals surface area contributed by atoms with Crippen molar-refractivity contribution in [2.45, 2.75) is 65.0 Å². The van der Waals surface area contributed by atoms with Crippen LogP contribution in [0.2, 0.25) is 0 Å². The van der Waals surface area contributed by atoms with E-state index >= 15 is 0 Å². The van der Waals surface area contributed by atoms with Gasteiger partial charge in [0, 0.05) is 29.5 Å². The Hall–Kier alpha value is -3.22. The van der Waals surface area contributed by atoms with E-state index in [1.165, 1.54) is 5.56 Å². The fourth-order valence-corrected chi connectivity index (χ4v) is 4.86. The predicted octanol–water partition coefficient (Wildman–Crippen LogP) is 3.65. The highest BCUT2D eigenvalue weighted by Crippen LogP contribution is 2.27. The van der Waals surface area contributed by atoms with Crippen molar-refractivity contribution < 1.29 is 19.2 Å². The third kappa shape index (κ3) is 4.11. The van der Waals surface area contributed by atoms with E-state index < -0.39 is 24.4 Å². The molecule has 0 spiro atoms. The summed E-state index contributed by atoms with van der Waals surface area (Å²) in [6, 6.07) is 11.0. The molecule has 1 aromatic heterocycles. The van der Waals surface area contributed by atoms with Gasteiger partial charge in [0.1, 0.15) is 0 Å². The van der Waals surface area contributed by atoms with Gasteiger partial charge in [-0.25, -0.2) is 9.69 Å². The van der Waals surface area contributed by atoms with Crippen LogP contribution in [0.3, 0.4) is 0 Å². The second-order valence-corrected chi connectivity index (χ2v) is 8.74. The summed E-state index contributed by atoms with van der Waals surface area (Å²) in [5.74, 6) is -2.03. The number of amides is 4. The monoisotopic (exact) mass is 435 g/mol. The second-order valence-electron chi connectivity index (χ2n) is 8.74. The summed E-state index contributed by atoms with van der Waals surface area (Å²) >= 11 is 0. The summed E-state index contributed by atoms with van der Waals surface area (Å²) in [7, 11) is 0. The first kappa shape index (κ1) is 22.0. The van der Waals surface area contributed by atoms with Gasteiger partial charge in [-0.1, -0.05) is 49.6 Å². The minimum absolute atomic E-state index is 0.240. The van der Waals surface area contributed by atoms with Crippen LogP contribution in [0.25, 0.3) is 0 Å². The Morgan fingerprint density at radius 2 is 1.66 bits per heavy atom. The van der Waals surface area contributed by atoms with Gasteiger partial charge in [-0.15, -0.1) is 0 Å². The van der Waals surface area contributed by atoms with Crippen LogP contribution >= 0.6 is 0 Å². The molecule has 1 aliphatic heterocycles. The predicted molar refractivity (Wildman–Crippen MR) is 119 cm³/mol. The van der Waals surface area contributed by atoms with Crippen LogP contribution in [0.4, 0.5) is 4.79 Å². The van der Waals surface area contributed by atoms with Crippen molar-refractivity contribution in [2.75, 3.05) is 6.54 Å². The Kier molecular flexibility index (Phi) is 6.26. The maximum Gasteiger partial charge on any atom is 0.334 e. The molecule has 1 saturated heterocycles. The van der Waals surface area contributed by atoms with E-state index in [-0.39, 0.29) is 11.8 Å². The molecule has 7 nitrogen and oxygen atoms in total. The summed E-state index contributed by atoms with van der Waals surface area (Å²) in [5.41, 5.74) is 3.45. The third-order valence-electron chi connectivity index (χ3n) is 6.67. The van der Waals surface area contributed by atoms with Crippen LogP contribution in [0.15, 0.2) is 36.4 Å². The van der Waals surface area contributed by atoms with E-state index in [0.717, 1.165) is 66.3 Å². The standard InChI is InChI=1S/C25H29N3O4/c1-17-15-21(18(2)26(17)14-13-19-9-5-3-6-10-19)22(29)16-27-23(30)24(31)28(25(27)32)20-11-7-4-8-12-20/h3,5-6,9-10,15,20H,4,7-8,11-14,16H2,1-2H3. The molecule has 7 heteroatoms. The van der Waals surface area contributed by atoms with Crippen molar-refractivity contribution in [3.63, 3.8) is 0 Å². The molecule has 4 amide bonds. The van der Waals surface area contributed by atoms with Crippen LogP contribution in [0.5, 0.6) is 0 Å². The minimum atomic E-state index is -0.896. The van der Waals surface area contributed by atoms with Gasteiger partial charge in [-0.2, -0.15) is 0 Å². The summed E-state index contributed by atoms with van der Waals surface area (Å²) in [6.45, 7) is 4.13. The first-order valence-electron chi connectivity index (χ1n) is 11.3. The molecule has 1 saturated carbocycles. The first-order chi connectivity index (χ1) is 15.4. The van der Waals surface area contributed by atoms with E-state index in [4.69, 9.17) is 0 Å². The van der Waals surface area contributed by atoms with Crippen LogP contribution in [-0.4, -0.2) is 50.6 Å². The van der Waals surface area contributed by atoms with Gasteiger partial charge < -0.3 is 4.57 Å². The number of hydrogen-bond donors (Lipinski definition) is 0. The highest BCUT2D eigenvalue weighted by Gasteiger charge is 2.48. The maximum absolute atomic E-state index is 13.1. The molecule has 0 unspecified atom stereocenters. The molecule has 1 aliphatic carbocycles. The average Bonchev–Trinajstić information content (AvgIpc) is 3.20. The van der Waals surface area contributed by atoms with Gasteiger partial charge in [0.15, 0.2) is 5.78 Å². The molecular formula is C25H29N3O4. The number of urea groups is 1. The van der Waals surface area contributed by atoms with E-state index in [1.807, 2.05) is 32.0 Å². The smallest absolute Gasteiger partial charge is 0.334 e. The van der Waals surface area contributed by atoms with Crippen LogP contribution in [0, 0.1) is 13.8 Å². The zero-order valence-electron chi connectivity index (χ0n) is 18.7. The van der Waals surface area contributed by atoms with Gasteiger partial charge in [-0.05, 0) is 44.7 Å². The largest absolute Gasteiger partial charge is 0.348 e. The van der Waals surface area contributed by atoms with Gasteiger partial charge in [0.05, 0.1) is 6.54 Å². The van der Waals surface area contributed by atoms with Crippen molar-refractivity contribution in [1.29, 1.82) is 0 Å². The average molecular weight is 436 g/mol. The molecule has 0 N–H and O–H groups in total. The molecule has 0 bridgehead atoms. The van der Waals surface area contributed by atoms with Crippen LogP contribution < -0.4 is 0 Å². The SMILES string of the molecule is Cc1cc(C(=O)CN2C(=O)C(=O)N(C3CCCCC3)C2=O)c(C)n1CCc1ccccc1. The summed E-state index contributed by atoms with van der Waals surface area (Å²) in [6.07, 6.45) is 5.21. The number of imide groups is 2. The van der Waals surface area contributed by atoms with Crippen molar-refractivity contribution in [3.05, 3.63) is 58.9 Å². The van der Waals surface area contributed by atoms with Gasteiger partial charge in [0.2, 0.25) is 0 Å². The molecule has 2 heterocycles. The number of rotatable bonds is 7. The first-order valence-corrected chi connectivity index (χ1v) is 11.3. The van der Waals surface area contributed by atoms with E-state index in [2.05, 4.69) is 16.7 Å². The van der Waals surface area contributed by atoms with E-state index in [9.17, 15) is 19.2 Å². The highest BCUT2D eigenvalue weighted by molar-refractivity contribution is 6.45. The van der Waals surface area contributed by atoms with Crippen molar-refractivity contribution in [2.24, 2.45) is 0 Å². The summed E-state index contributed by atoms with van der Waals surface area (Å²) in [5, 5.41) is 0. The summed E-state index contributed by atoms with van der Waals surface area (Å²) < 4.78 is 2.08. The second kappa shape index (κ2) is 9.10. The minimum Gasteiger partial charge on any atom is -0.348 e. The molecule has 4 rings (SSSR count). The normalized spacial score (nSPS) is 17.5. The molecule has 0 radical (unpaired) electrons. The number of carbonyl (C=O) groups excluding carboxylic acids is 4. The number of nitrogens with zero attached hydrogens (tertiary/aromatic N) is 3. The maximum atomic E-state index is 13.1. The number of benzene rings is 1. The van der Waals surface area contributed by atoms with Crippen molar-refractivity contribution in [1.82, 2.24) is 14.4 Å².